The Morgan fingerprint density at radius 1 is 1.12 bits per heavy atom. The molecular weight excluding hydrogens is 519 g/mol. The topological polar surface area (TPSA) is 75.2 Å². The lowest BCUT2D eigenvalue weighted by molar-refractivity contribution is -0.128. The van der Waals surface area contributed by atoms with Crippen LogP contribution >= 0.6 is 24.0 Å². The van der Waals surface area contributed by atoms with E-state index in [4.69, 9.17) is 14.5 Å². The molecule has 1 atom stereocenters. The number of amides is 1. The Hall–Kier alpha value is -2.49. The Bertz CT molecular complexity index is 937. The minimum absolute atomic E-state index is 0. The smallest absolute Gasteiger partial charge is 0.222 e. The van der Waals surface area contributed by atoms with Crippen molar-refractivity contribution in [3.05, 3.63) is 59.7 Å². The molecule has 0 spiro atoms. The first-order chi connectivity index (χ1) is 15.2. The lowest BCUT2D eigenvalue weighted by Crippen LogP contribution is -2.45. The van der Waals surface area contributed by atoms with Gasteiger partial charge in [-0.05, 0) is 36.6 Å². The molecule has 4 rings (SSSR count). The van der Waals surface area contributed by atoms with Crippen molar-refractivity contribution in [3.8, 4) is 11.5 Å². The molecule has 2 aliphatic heterocycles. The Balaban J connectivity index is 0.00000289. The third kappa shape index (κ3) is 6.51. The molecule has 0 saturated carbocycles. The SMILES string of the molecule is CCNC(=NCc1cccc(CN2CCCC2=O)c1)NCC1COc2ccccc2O1.I. The Morgan fingerprint density at radius 3 is 2.72 bits per heavy atom. The highest BCUT2D eigenvalue weighted by Gasteiger charge is 2.21. The number of para-hydroxylation sites is 2. The number of ether oxygens (including phenoxy) is 2. The number of guanidine groups is 1. The number of benzene rings is 2. The summed E-state index contributed by atoms with van der Waals surface area (Å²) in [4.78, 5) is 18.5. The summed E-state index contributed by atoms with van der Waals surface area (Å²) in [6.07, 6.45) is 1.55. The monoisotopic (exact) mass is 550 g/mol. The molecule has 7 nitrogen and oxygen atoms in total. The van der Waals surface area contributed by atoms with Crippen molar-refractivity contribution in [1.82, 2.24) is 15.5 Å². The van der Waals surface area contributed by atoms with E-state index in [-0.39, 0.29) is 36.0 Å². The highest BCUT2D eigenvalue weighted by molar-refractivity contribution is 14.0. The van der Waals surface area contributed by atoms with Crippen LogP contribution in [0.25, 0.3) is 0 Å². The minimum Gasteiger partial charge on any atom is -0.486 e. The standard InChI is InChI=1S/C24H30N4O3.HI/c1-2-25-24(27-15-20-17-30-21-9-3-4-10-22(21)31-20)26-14-18-7-5-8-19(13-18)16-28-12-6-11-23(28)29;/h3-5,7-10,13,20H,2,6,11-12,14-17H2,1H3,(H2,25,26,27);1H. The summed E-state index contributed by atoms with van der Waals surface area (Å²) >= 11 is 0. The van der Waals surface area contributed by atoms with Crippen LogP contribution in [0.4, 0.5) is 0 Å². The molecule has 0 bridgehead atoms. The molecule has 172 valence electrons. The van der Waals surface area contributed by atoms with Gasteiger partial charge in [0.1, 0.15) is 12.7 Å². The zero-order valence-corrected chi connectivity index (χ0v) is 20.7. The van der Waals surface area contributed by atoms with E-state index in [0.29, 0.717) is 32.7 Å². The van der Waals surface area contributed by atoms with Gasteiger partial charge in [-0.25, -0.2) is 4.99 Å². The fourth-order valence-electron chi connectivity index (χ4n) is 3.80. The molecule has 2 aromatic rings. The van der Waals surface area contributed by atoms with Gasteiger partial charge in [-0.15, -0.1) is 24.0 Å². The molecule has 1 amide bonds. The van der Waals surface area contributed by atoms with Gasteiger partial charge in [0.15, 0.2) is 17.5 Å². The molecule has 2 N–H and O–H groups in total. The van der Waals surface area contributed by atoms with Crippen molar-refractivity contribution in [3.63, 3.8) is 0 Å². The lowest BCUT2D eigenvalue weighted by atomic mass is 10.1. The van der Waals surface area contributed by atoms with E-state index in [9.17, 15) is 4.79 Å². The van der Waals surface area contributed by atoms with Crippen LogP contribution in [0.5, 0.6) is 11.5 Å². The number of nitrogens with one attached hydrogen (secondary N) is 2. The van der Waals surface area contributed by atoms with Gasteiger partial charge >= 0.3 is 0 Å². The second-order valence-electron chi connectivity index (χ2n) is 7.81. The predicted octanol–water partition coefficient (Wildman–Crippen LogP) is 3.32. The molecule has 1 unspecified atom stereocenters. The van der Waals surface area contributed by atoms with Gasteiger partial charge in [0, 0.05) is 26.1 Å². The summed E-state index contributed by atoms with van der Waals surface area (Å²) in [6.45, 7) is 6.00. The predicted molar refractivity (Wildman–Crippen MR) is 136 cm³/mol. The molecule has 2 heterocycles. The van der Waals surface area contributed by atoms with E-state index >= 15 is 0 Å². The van der Waals surface area contributed by atoms with Crippen LogP contribution < -0.4 is 20.1 Å². The van der Waals surface area contributed by atoms with Crippen LogP contribution in [0.1, 0.15) is 30.9 Å². The number of rotatable bonds is 7. The first kappa shape index (κ1) is 24.2. The summed E-state index contributed by atoms with van der Waals surface area (Å²) < 4.78 is 11.8. The number of carbonyl (C=O) groups excluding carboxylic acids is 1. The molecule has 1 fully saturated rings. The highest BCUT2D eigenvalue weighted by atomic mass is 127. The van der Waals surface area contributed by atoms with E-state index in [1.54, 1.807) is 0 Å². The fourth-order valence-corrected chi connectivity index (χ4v) is 3.80. The van der Waals surface area contributed by atoms with Crippen molar-refractivity contribution < 1.29 is 14.3 Å². The van der Waals surface area contributed by atoms with Gasteiger partial charge in [0.25, 0.3) is 0 Å². The molecule has 32 heavy (non-hydrogen) atoms. The van der Waals surface area contributed by atoms with Crippen LogP contribution in [0.3, 0.4) is 0 Å². The number of carbonyl (C=O) groups is 1. The van der Waals surface area contributed by atoms with Gasteiger partial charge in [-0.1, -0.05) is 36.4 Å². The maximum Gasteiger partial charge on any atom is 0.222 e. The van der Waals surface area contributed by atoms with Crippen molar-refractivity contribution >= 4 is 35.8 Å². The maximum atomic E-state index is 11.9. The van der Waals surface area contributed by atoms with Gasteiger partial charge in [0.2, 0.25) is 5.91 Å². The van der Waals surface area contributed by atoms with E-state index in [2.05, 4.69) is 28.8 Å². The van der Waals surface area contributed by atoms with Gasteiger partial charge in [0.05, 0.1) is 13.1 Å². The number of likely N-dealkylation sites (tertiary alicyclic amines) is 1. The van der Waals surface area contributed by atoms with Crippen LogP contribution in [0.2, 0.25) is 0 Å². The minimum atomic E-state index is -0.0833. The normalized spacial score (nSPS) is 17.7. The van der Waals surface area contributed by atoms with Crippen molar-refractivity contribution in [1.29, 1.82) is 0 Å². The van der Waals surface area contributed by atoms with E-state index in [1.807, 2.05) is 42.2 Å². The third-order valence-electron chi connectivity index (χ3n) is 5.36. The second kappa shape index (κ2) is 11.9. The van der Waals surface area contributed by atoms with Crippen LogP contribution in [0.15, 0.2) is 53.5 Å². The zero-order chi connectivity index (χ0) is 21.5. The molecular formula is C24H31IN4O3. The summed E-state index contributed by atoms with van der Waals surface area (Å²) in [5, 5.41) is 6.63. The average molecular weight is 550 g/mol. The summed E-state index contributed by atoms with van der Waals surface area (Å²) in [5.74, 6) is 2.55. The first-order valence-corrected chi connectivity index (χ1v) is 11.0. The number of aliphatic imine (C=N–C) groups is 1. The summed E-state index contributed by atoms with van der Waals surface area (Å²) in [5.41, 5.74) is 2.26. The number of hydrogen-bond donors (Lipinski definition) is 2. The van der Waals surface area contributed by atoms with Crippen LogP contribution in [0, 0.1) is 0 Å². The molecule has 1 saturated heterocycles. The van der Waals surface area contributed by atoms with Crippen LogP contribution in [-0.2, 0) is 17.9 Å². The summed E-state index contributed by atoms with van der Waals surface area (Å²) in [7, 11) is 0. The molecule has 0 radical (unpaired) electrons. The Labute approximate surface area is 206 Å². The van der Waals surface area contributed by atoms with Gasteiger partial charge < -0.3 is 25.0 Å². The van der Waals surface area contributed by atoms with Crippen molar-refractivity contribution in [2.24, 2.45) is 4.99 Å². The average Bonchev–Trinajstić information content (AvgIpc) is 3.20. The Kier molecular flexibility index (Phi) is 9.01. The first-order valence-electron chi connectivity index (χ1n) is 11.0. The molecule has 2 aromatic carbocycles. The number of nitrogens with zero attached hydrogens (tertiary/aromatic N) is 2. The fraction of sp³-hybridized carbons (Fsp3) is 0.417. The van der Waals surface area contributed by atoms with Crippen molar-refractivity contribution in [2.45, 2.75) is 39.0 Å². The van der Waals surface area contributed by atoms with Crippen molar-refractivity contribution in [2.75, 3.05) is 26.2 Å². The number of fused-ring (bicyclic) bond motifs is 1. The lowest BCUT2D eigenvalue weighted by Gasteiger charge is -2.27. The number of hydrogen-bond acceptors (Lipinski definition) is 4. The molecule has 0 aromatic heterocycles. The molecule has 2 aliphatic rings. The Morgan fingerprint density at radius 2 is 1.94 bits per heavy atom. The van der Waals surface area contributed by atoms with E-state index < -0.39 is 0 Å². The molecule has 8 heteroatoms. The van der Waals surface area contributed by atoms with Gasteiger partial charge in [-0.2, -0.15) is 0 Å². The zero-order valence-electron chi connectivity index (χ0n) is 18.4. The third-order valence-corrected chi connectivity index (χ3v) is 5.36. The van der Waals surface area contributed by atoms with E-state index in [0.717, 1.165) is 48.1 Å². The second-order valence-corrected chi connectivity index (χ2v) is 7.81. The van der Waals surface area contributed by atoms with Crippen LogP contribution in [-0.4, -0.2) is 49.1 Å². The largest absolute Gasteiger partial charge is 0.486 e. The maximum absolute atomic E-state index is 11.9. The van der Waals surface area contributed by atoms with E-state index in [1.165, 1.54) is 0 Å². The molecule has 0 aliphatic carbocycles. The number of halogens is 1. The summed E-state index contributed by atoms with van der Waals surface area (Å²) in [6, 6.07) is 16.0. The quantitative estimate of drug-likeness (QED) is 0.315. The highest BCUT2D eigenvalue weighted by Crippen LogP contribution is 2.30. The van der Waals surface area contributed by atoms with Gasteiger partial charge in [-0.3, -0.25) is 4.79 Å².